The molecule has 1 saturated carbocycles. The summed E-state index contributed by atoms with van der Waals surface area (Å²) < 4.78 is 82.3. The predicted molar refractivity (Wildman–Crippen MR) is 104 cm³/mol. The number of methoxy groups -OCH3 is 1. The maximum atomic E-state index is 15.4. The molecule has 13 heteroatoms. The maximum Gasteiger partial charge on any atom is 0.282 e. The van der Waals surface area contributed by atoms with Gasteiger partial charge in [-0.15, -0.1) is 0 Å². The fraction of sp³-hybridized carbons (Fsp3) is 0.500. The quantitative estimate of drug-likeness (QED) is 0.651. The lowest BCUT2D eigenvalue weighted by atomic mass is 9.63. The van der Waals surface area contributed by atoms with E-state index < -0.39 is 72.8 Å². The number of ether oxygens (including phenoxy) is 2. The molecule has 2 heterocycles. The topological polar surface area (TPSA) is 112 Å². The normalized spacial score (nSPS) is 30.5. The highest BCUT2D eigenvalue weighted by Crippen LogP contribution is 2.59. The standard InChI is InChI=1S/C20H20F5N5O3/c1-32-14-8-27-11(7-28-14)17(31)29-9-2-3-13(21)20(4-9)10-5-19(24,25)6-12(10)33-18(26)30-15(20)16(22)23/h2-3,7-8,10,12,15-16H,4-6H2,1H3,(H2,26,30)(H,29,31)/t10-,12+,15?,20?/m0/s1. The van der Waals surface area contributed by atoms with E-state index in [1.807, 2.05) is 0 Å². The number of allylic oxidation sites excluding steroid dienone is 3. The molecule has 8 nitrogen and oxygen atoms in total. The van der Waals surface area contributed by atoms with Crippen molar-refractivity contribution in [1.29, 1.82) is 0 Å². The maximum absolute atomic E-state index is 15.4. The lowest BCUT2D eigenvalue weighted by Gasteiger charge is -2.43. The monoisotopic (exact) mass is 473 g/mol. The molecule has 33 heavy (non-hydrogen) atoms. The second-order valence-corrected chi connectivity index (χ2v) is 8.10. The van der Waals surface area contributed by atoms with E-state index in [4.69, 9.17) is 15.2 Å². The Balaban J connectivity index is 1.69. The summed E-state index contributed by atoms with van der Waals surface area (Å²) in [7, 11) is 1.36. The Morgan fingerprint density at radius 2 is 2.03 bits per heavy atom. The number of hydrogen-bond donors (Lipinski definition) is 2. The van der Waals surface area contributed by atoms with Gasteiger partial charge in [-0.2, -0.15) is 0 Å². The van der Waals surface area contributed by atoms with Crippen LogP contribution in [0.25, 0.3) is 0 Å². The Kier molecular flexibility index (Phi) is 5.74. The molecule has 4 atom stereocenters. The number of fused-ring (bicyclic) bond motifs is 2. The number of nitrogens with two attached hydrogens (primary N) is 1. The highest BCUT2D eigenvalue weighted by atomic mass is 19.3. The smallest absolute Gasteiger partial charge is 0.282 e. The largest absolute Gasteiger partial charge is 0.480 e. The third kappa shape index (κ3) is 4.11. The summed E-state index contributed by atoms with van der Waals surface area (Å²) >= 11 is 0. The van der Waals surface area contributed by atoms with Gasteiger partial charge in [0.05, 0.1) is 24.9 Å². The third-order valence-corrected chi connectivity index (χ3v) is 6.14. The predicted octanol–water partition coefficient (Wildman–Crippen LogP) is 2.73. The van der Waals surface area contributed by atoms with E-state index in [-0.39, 0.29) is 17.3 Å². The van der Waals surface area contributed by atoms with Crippen molar-refractivity contribution in [3.63, 3.8) is 0 Å². The van der Waals surface area contributed by atoms with Gasteiger partial charge in [-0.05, 0) is 12.2 Å². The van der Waals surface area contributed by atoms with Gasteiger partial charge in [-0.1, -0.05) is 0 Å². The summed E-state index contributed by atoms with van der Waals surface area (Å²) in [6.45, 7) is 0. The molecule has 1 aromatic heterocycles. The molecule has 178 valence electrons. The molecule has 3 aliphatic rings. The van der Waals surface area contributed by atoms with Crippen LogP contribution in [0.3, 0.4) is 0 Å². The number of carbonyl (C=O) groups excluding carboxylic acids is 1. The number of carbonyl (C=O) groups is 1. The number of aliphatic imine (C=N–C) groups is 1. The molecule has 4 rings (SSSR count). The number of amidine groups is 1. The SMILES string of the molecule is COc1cnc(C(=O)NC2=CC=C(F)C3(C2)C(C(F)F)N=C(N)O[C@@H]2CC(F)(F)C[C@@H]23)cn1. The van der Waals surface area contributed by atoms with Gasteiger partial charge in [0.15, 0.2) is 0 Å². The number of aromatic nitrogens is 2. The molecular weight excluding hydrogens is 453 g/mol. The van der Waals surface area contributed by atoms with Crippen LogP contribution in [0, 0.1) is 11.3 Å². The first kappa shape index (κ1) is 22.9. The minimum absolute atomic E-state index is 0.0225. The van der Waals surface area contributed by atoms with Crippen molar-refractivity contribution in [1.82, 2.24) is 15.3 Å². The first-order valence-corrected chi connectivity index (χ1v) is 9.96. The summed E-state index contributed by atoms with van der Waals surface area (Å²) in [6, 6.07) is -2.80. The zero-order chi connectivity index (χ0) is 24.0. The van der Waals surface area contributed by atoms with Gasteiger partial charge in [0.1, 0.15) is 23.7 Å². The summed E-state index contributed by atoms with van der Waals surface area (Å²) in [5.41, 5.74) is 3.26. The number of nitrogens with zero attached hydrogens (tertiary/aromatic N) is 3. The highest BCUT2D eigenvalue weighted by molar-refractivity contribution is 5.93. The summed E-state index contributed by atoms with van der Waals surface area (Å²) in [5.74, 6) is -6.28. The van der Waals surface area contributed by atoms with Crippen molar-refractivity contribution >= 4 is 11.9 Å². The van der Waals surface area contributed by atoms with Crippen molar-refractivity contribution in [3.05, 3.63) is 41.8 Å². The zero-order valence-electron chi connectivity index (χ0n) is 17.3. The van der Waals surface area contributed by atoms with Gasteiger partial charge in [-0.3, -0.25) is 4.79 Å². The average molecular weight is 473 g/mol. The molecule has 1 spiro atoms. The minimum atomic E-state index is -3.27. The zero-order valence-corrected chi connectivity index (χ0v) is 17.3. The summed E-state index contributed by atoms with van der Waals surface area (Å²) in [4.78, 5) is 24.0. The molecule has 1 fully saturated rings. The second kappa shape index (κ2) is 8.27. The van der Waals surface area contributed by atoms with Crippen LogP contribution >= 0.6 is 0 Å². The van der Waals surface area contributed by atoms with E-state index >= 15 is 4.39 Å². The van der Waals surface area contributed by atoms with Crippen LogP contribution in [-0.4, -0.2) is 53.5 Å². The van der Waals surface area contributed by atoms with Crippen LogP contribution in [0.1, 0.15) is 29.8 Å². The molecule has 2 unspecified atom stereocenters. The number of halogens is 5. The summed E-state index contributed by atoms with van der Waals surface area (Å²) in [6.07, 6.45) is -2.42. The van der Waals surface area contributed by atoms with E-state index in [0.717, 1.165) is 12.3 Å². The van der Waals surface area contributed by atoms with Crippen molar-refractivity contribution in [3.8, 4) is 5.88 Å². The third-order valence-electron chi connectivity index (χ3n) is 6.14. The Morgan fingerprint density at radius 3 is 2.67 bits per heavy atom. The molecule has 0 radical (unpaired) electrons. The molecule has 3 N–H and O–H groups in total. The molecule has 0 saturated heterocycles. The Bertz CT molecular complexity index is 1030. The van der Waals surface area contributed by atoms with E-state index in [0.29, 0.717) is 0 Å². The molecule has 1 aliphatic heterocycles. The summed E-state index contributed by atoms with van der Waals surface area (Å²) in [5, 5.41) is 2.47. The Labute approximate surface area is 184 Å². The Hall–Kier alpha value is -3.25. The van der Waals surface area contributed by atoms with Gasteiger partial charge in [0.25, 0.3) is 24.3 Å². The van der Waals surface area contributed by atoms with E-state index in [1.165, 1.54) is 19.4 Å². The van der Waals surface area contributed by atoms with Gasteiger partial charge < -0.3 is 20.5 Å². The molecule has 0 bridgehead atoms. The second-order valence-electron chi connectivity index (χ2n) is 8.10. The molecule has 1 aromatic rings. The van der Waals surface area contributed by atoms with Gasteiger partial charge in [0.2, 0.25) is 5.88 Å². The van der Waals surface area contributed by atoms with Crippen LogP contribution in [0.4, 0.5) is 22.0 Å². The number of amides is 1. The van der Waals surface area contributed by atoms with Gasteiger partial charge in [-0.25, -0.2) is 36.9 Å². The van der Waals surface area contributed by atoms with Crippen molar-refractivity contribution < 1.29 is 36.2 Å². The van der Waals surface area contributed by atoms with Crippen LogP contribution in [0.15, 0.2) is 41.1 Å². The first-order valence-electron chi connectivity index (χ1n) is 9.96. The first-order chi connectivity index (χ1) is 15.6. The van der Waals surface area contributed by atoms with Crippen LogP contribution in [-0.2, 0) is 4.74 Å². The van der Waals surface area contributed by atoms with Crippen molar-refractivity contribution in [2.24, 2.45) is 22.1 Å². The number of alkyl halides is 4. The van der Waals surface area contributed by atoms with Crippen LogP contribution < -0.4 is 15.8 Å². The van der Waals surface area contributed by atoms with E-state index in [9.17, 15) is 22.4 Å². The van der Waals surface area contributed by atoms with Crippen molar-refractivity contribution in [2.75, 3.05) is 7.11 Å². The van der Waals surface area contributed by atoms with Crippen LogP contribution in [0.2, 0.25) is 0 Å². The van der Waals surface area contributed by atoms with Crippen LogP contribution in [0.5, 0.6) is 5.88 Å². The Morgan fingerprint density at radius 1 is 1.27 bits per heavy atom. The van der Waals surface area contributed by atoms with Gasteiger partial charge in [0, 0.05) is 30.9 Å². The lowest BCUT2D eigenvalue weighted by Crippen LogP contribution is -2.49. The molecule has 1 amide bonds. The highest BCUT2D eigenvalue weighted by Gasteiger charge is 2.64. The fourth-order valence-electron chi connectivity index (χ4n) is 4.73. The average Bonchev–Trinajstić information content (AvgIpc) is 3.02. The van der Waals surface area contributed by atoms with Crippen molar-refractivity contribution in [2.45, 2.75) is 43.8 Å². The number of hydrogen-bond acceptors (Lipinski definition) is 7. The minimum Gasteiger partial charge on any atom is -0.480 e. The number of nitrogens with one attached hydrogen (secondary N) is 1. The molecule has 0 aromatic carbocycles. The van der Waals surface area contributed by atoms with Gasteiger partial charge >= 0.3 is 0 Å². The lowest BCUT2D eigenvalue weighted by molar-refractivity contribution is -0.0216. The van der Waals surface area contributed by atoms with E-state index in [2.05, 4.69) is 20.3 Å². The molecule has 2 aliphatic carbocycles. The fourth-order valence-corrected chi connectivity index (χ4v) is 4.73. The number of rotatable bonds is 4. The van der Waals surface area contributed by atoms with E-state index in [1.54, 1.807) is 0 Å². The molecular formula is C20H20F5N5O3.